The molecule has 0 bridgehead atoms. The zero-order valence-corrected chi connectivity index (χ0v) is 19.7. The molecule has 33 heavy (non-hydrogen) atoms. The minimum atomic E-state index is -0.414. The number of amides is 2. The summed E-state index contributed by atoms with van der Waals surface area (Å²) >= 11 is 0. The van der Waals surface area contributed by atoms with Crippen molar-refractivity contribution in [1.82, 2.24) is 25.0 Å². The molecule has 2 aliphatic carbocycles. The summed E-state index contributed by atoms with van der Waals surface area (Å²) in [6.45, 7) is 6.76. The number of ketones is 1. The smallest absolute Gasteiger partial charge is 0.245 e. The van der Waals surface area contributed by atoms with Gasteiger partial charge in [-0.05, 0) is 67.9 Å². The van der Waals surface area contributed by atoms with E-state index < -0.39 is 6.04 Å². The first-order chi connectivity index (χ1) is 15.7. The maximum absolute atomic E-state index is 13.3. The molecule has 3 aliphatic rings. The summed E-state index contributed by atoms with van der Waals surface area (Å²) in [5, 5.41) is 8.17. The summed E-state index contributed by atoms with van der Waals surface area (Å²) in [6.07, 6.45) is 8.00. The summed E-state index contributed by atoms with van der Waals surface area (Å²) in [7, 11) is 0. The molecule has 0 spiro atoms. The lowest BCUT2D eigenvalue weighted by Crippen LogP contribution is -2.49. The van der Waals surface area contributed by atoms with Gasteiger partial charge in [0, 0.05) is 25.7 Å². The molecule has 2 amide bonds. The zero-order valence-electron chi connectivity index (χ0n) is 19.7. The number of fused-ring (bicyclic) bond motifs is 2. The van der Waals surface area contributed by atoms with E-state index in [-0.39, 0.29) is 30.2 Å². The van der Waals surface area contributed by atoms with Crippen molar-refractivity contribution in [3.05, 3.63) is 24.0 Å². The second-order valence-electron chi connectivity index (χ2n) is 10.9. The van der Waals surface area contributed by atoms with Gasteiger partial charge in [-0.25, -0.2) is 9.67 Å². The summed E-state index contributed by atoms with van der Waals surface area (Å²) < 4.78 is 1.50. The normalized spacial score (nSPS) is 26.3. The maximum Gasteiger partial charge on any atom is 0.245 e. The summed E-state index contributed by atoms with van der Waals surface area (Å²) in [5.74, 6) is 0.609. The van der Waals surface area contributed by atoms with Crippen LogP contribution in [0.4, 0.5) is 0 Å². The first-order valence-corrected chi connectivity index (χ1v) is 12.1. The van der Waals surface area contributed by atoms with E-state index in [1.54, 1.807) is 23.2 Å². The molecule has 8 nitrogen and oxygen atoms in total. The van der Waals surface area contributed by atoms with E-state index in [0.29, 0.717) is 40.5 Å². The van der Waals surface area contributed by atoms with Crippen molar-refractivity contribution >= 4 is 28.6 Å². The average Bonchev–Trinajstić information content (AvgIpc) is 3.28. The number of hydrogen-bond acceptors (Lipinski definition) is 5. The second kappa shape index (κ2) is 8.22. The third-order valence-electron chi connectivity index (χ3n) is 7.84. The number of likely N-dealkylation sites (tertiary alicyclic amines) is 1. The van der Waals surface area contributed by atoms with Crippen LogP contribution in [0.2, 0.25) is 0 Å². The van der Waals surface area contributed by atoms with Gasteiger partial charge in [0.25, 0.3) is 0 Å². The van der Waals surface area contributed by atoms with Gasteiger partial charge in [-0.1, -0.05) is 13.8 Å². The summed E-state index contributed by atoms with van der Waals surface area (Å²) in [5.41, 5.74) is 1.25. The number of nitrogens with one attached hydrogen (secondary N) is 1. The number of piperidine rings is 1. The van der Waals surface area contributed by atoms with Crippen LogP contribution in [0.15, 0.2) is 18.3 Å². The molecule has 3 heterocycles. The van der Waals surface area contributed by atoms with E-state index in [0.717, 1.165) is 25.7 Å². The minimum absolute atomic E-state index is 0.0223. The first-order valence-electron chi connectivity index (χ1n) is 12.1. The number of aromatic nitrogens is 3. The molecule has 1 aliphatic heterocycles. The number of hydrogen-bond donors (Lipinski definition) is 1. The van der Waals surface area contributed by atoms with Crippen LogP contribution in [0.5, 0.6) is 0 Å². The van der Waals surface area contributed by atoms with Crippen LogP contribution >= 0.6 is 0 Å². The van der Waals surface area contributed by atoms with E-state index in [2.05, 4.69) is 29.2 Å². The van der Waals surface area contributed by atoms with Gasteiger partial charge < -0.3 is 10.2 Å². The van der Waals surface area contributed by atoms with Gasteiger partial charge >= 0.3 is 0 Å². The predicted octanol–water partition coefficient (Wildman–Crippen LogP) is 2.96. The van der Waals surface area contributed by atoms with Gasteiger partial charge in [0.05, 0.1) is 5.39 Å². The quantitative estimate of drug-likeness (QED) is 0.681. The Kier molecular flexibility index (Phi) is 5.49. The van der Waals surface area contributed by atoms with Crippen molar-refractivity contribution in [1.29, 1.82) is 0 Å². The minimum Gasteiger partial charge on any atom is -0.354 e. The lowest BCUT2D eigenvalue weighted by molar-refractivity contribution is -0.140. The highest BCUT2D eigenvalue weighted by Crippen LogP contribution is 2.48. The van der Waals surface area contributed by atoms with Crippen LogP contribution in [-0.4, -0.2) is 55.9 Å². The maximum atomic E-state index is 13.3. The van der Waals surface area contributed by atoms with E-state index in [9.17, 15) is 14.4 Å². The van der Waals surface area contributed by atoms with Gasteiger partial charge in [-0.3, -0.25) is 14.4 Å². The van der Waals surface area contributed by atoms with Crippen molar-refractivity contribution in [2.75, 3.05) is 6.54 Å². The first kappa shape index (κ1) is 22.0. The SMILES string of the molecule is CC(=O)c1nn(CC(=O)N2[C@@H]3C[C@@H]3C[C@H]2C(=O)NCC2CCC(C)(C)CC2)c2ncccc12. The van der Waals surface area contributed by atoms with Crippen LogP contribution in [0.25, 0.3) is 11.0 Å². The third-order valence-corrected chi connectivity index (χ3v) is 7.84. The Morgan fingerprint density at radius 1 is 1.18 bits per heavy atom. The fourth-order valence-electron chi connectivity index (χ4n) is 5.66. The molecule has 176 valence electrons. The van der Waals surface area contributed by atoms with Crippen molar-refractivity contribution in [3.63, 3.8) is 0 Å². The molecule has 2 aromatic heterocycles. The van der Waals surface area contributed by atoms with Gasteiger partial charge in [0.1, 0.15) is 18.3 Å². The molecule has 1 N–H and O–H groups in total. The molecular weight excluding hydrogens is 418 g/mol. The molecule has 2 aromatic rings. The topological polar surface area (TPSA) is 97.2 Å². The van der Waals surface area contributed by atoms with E-state index in [1.165, 1.54) is 24.4 Å². The van der Waals surface area contributed by atoms with Crippen molar-refractivity contribution in [2.24, 2.45) is 17.3 Å². The number of rotatable bonds is 6. The van der Waals surface area contributed by atoms with Gasteiger partial charge in [0.15, 0.2) is 11.4 Å². The number of nitrogens with zero attached hydrogens (tertiary/aromatic N) is 4. The fraction of sp³-hybridized carbons (Fsp3) is 0.640. The Hall–Kier alpha value is -2.77. The monoisotopic (exact) mass is 451 g/mol. The molecule has 8 heteroatoms. The van der Waals surface area contributed by atoms with Gasteiger partial charge in [-0.2, -0.15) is 5.10 Å². The molecule has 3 fully saturated rings. The number of carbonyl (C=O) groups is 3. The third kappa shape index (κ3) is 4.27. The van der Waals surface area contributed by atoms with Crippen LogP contribution in [0.1, 0.15) is 69.8 Å². The van der Waals surface area contributed by atoms with E-state index >= 15 is 0 Å². The second-order valence-corrected chi connectivity index (χ2v) is 10.9. The molecular formula is C25H33N5O3. The lowest BCUT2D eigenvalue weighted by atomic mass is 9.73. The van der Waals surface area contributed by atoms with Crippen LogP contribution in [0.3, 0.4) is 0 Å². The molecule has 3 atom stereocenters. The molecule has 0 aromatic carbocycles. The Balaban J connectivity index is 1.26. The highest BCUT2D eigenvalue weighted by Gasteiger charge is 2.56. The van der Waals surface area contributed by atoms with Gasteiger partial charge in [0.2, 0.25) is 11.8 Å². The molecule has 0 unspecified atom stereocenters. The Morgan fingerprint density at radius 3 is 2.67 bits per heavy atom. The van der Waals surface area contributed by atoms with E-state index in [1.807, 2.05) is 0 Å². The summed E-state index contributed by atoms with van der Waals surface area (Å²) in [6, 6.07) is 3.28. The van der Waals surface area contributed by atoms with Crippen molar-refractivity contribution in [3.8, 4) is 0 Å². The molecule has 1 saturated heterocycles. The van der Waals surface area contributed by atoms with Crippen LogP contribution in [-0.2, 0) is 16.1 Å². The molecule has 5 rings (SSSR count). The Morgan fingerprint density at radius 2 is 1.94 bits per heavy atom. The lowest BCUT2D eigenvalue weighted by Gasteiger charge is -2.34. The number of Topliss-reactive ketones (excluding diaryl/α,β-unsaturated/α-hetero) is 1. The number of carbonyl (C=O) groups excluding carboxylic acids is 3. The summed E-state index contributed by atoms with van der Waals surface area (Å²) in [4.78, 5) is 44.5. The van der Waals surface area contributed by atoms with Crippen molar-refractivity contribution in [2.45, 2.75) is 77.9 Å². The number of pyridine rings is 1. The average molecular weight is 452 g/mol. The zero-order chi connectivity index (χ0) is 23.3. The van der Waals surface area contributed by atoms with Crippen LogP contribution in [0, 0.1) is 17.3 Å². The van der Waals surface area contributed by atoms with E-state index in [4.69, 9.17) is 0 Å². The highest BCUT2D eigenvalue weighted by atomic mass is 16.2. The Bertz CT molecular complexity index is 1100. The largest absolute Gasteiger partial charge is 0.354 e. The highest BCUT2D eigenvalue weighted by molar-refractivity contribution is 6.04. The Labute approximate surface area is 194 Å². The molecule has 0 radical (unpaired) electrons. The predicted molar refractivity (Wildman–Crippen MR) is 123 cm³/mol. The van der Waals surface area contributed by atoms with Crippen molar-refractivity contribution < 1.29 is 14.4 Å². The molecule has 2 saturated carbocycles. The standard InChI is InChI=1S/C25H33N5O3/c1-15(31)22-18-5-4-10-26-23(18)29(28-22)14-21(32)30-19-11-17(19)12-20(30)24(33)27-13-16-6-8-25(2,3)9-7-16/h4-5,10,16-17,19-20H,6-9,11-14H2,1-3H3,(H,27,33)/t17-,19-,20+/m1/s1. The van der Waals surface area contributed by atoms with Crippen LogP contribution < -0.4 is 5.32 Å². The fourth-order valence-corrected chi connectivity index (χ4v) is 5.66. The van der Waals surface area contributed by atoms with Gasteiger partial charge in [-0.15, -0.1) is 0 Å².